The number of thioether (sulfide) groups is 1. The van der Waals surface area contributed by atoms with Crippen LogP contribution >= 0.6 is 39.3 Å². The van der Waals surface area contributed by atoms with Crippen LogP contribution in [0.5, 0.6) is 5.75 Å². The maximum absolute atomic E-state index is 13.3. The summed E-state index contributed by atoms with van der Waals surface area (Å²) in [5, 5.41) is 0.827. The number of methoxy groups -OCH3 is 1. The monoisotopic (exact) mass is 560 g/mol. The molecular weight excluding hydrogens is 544 g/mol. The zero-order valence-electron chi connectivity index (χ0n) is 17.9. The van der Waals surface area contributed by atoms with Crippen molar-refractivity contribution < 1.29 is 23.5 Å². The number of carbonyl (C=O) groups is 2. The number of hydrogen-bond acceptors (Lipinski definition) is 7. The van der Waals surface area contributed by atoms with Gasteiger partial charge in [0.05, 0.1) is 40.0 Å². The highest BCUT2D eigenvalue weighted by Crippen LogP contribution is 2.38. The van der Waals surface area contributed by atoms with Crippen LogP contribution in [0.4, 0.5) is 5.69 Å². The molecule has 34 heavy (non-hydrogen) atoms. The zero-order chi connectivity index (χ0) is 24.1. The molecule has 0 N–H and O–H groups in total. The Morgan fingerprint density at radius 1 is 1.24 bits per heavy atom. The molecule has 1 fully saturated rings. The molecular formula is C24H18BrClN2O5S. The number of ether oxygens (including phenoxy) is 2. The van der Waals surface area contributed by atoms with Gasteiger partial charge in [-0.2, -0.15) is 0 Å². The Labute approximate surface area is 213 Å². The van der Waals surface area contributed by atoms with Gasteiger partial charge in [0.25, 0.3) is 5.91 Å². The van der Waals surface area contributed by atoms with Gasteiger partial charge in [-0.05, 0) is 75.7 Å². The molecule has 3 aromatic rings. The molecule has 1 aliphatic heterocycles. The number of esters is 1. The minimum Gasteiger partial charge on any atom is -0.479 e. The minimum absolute atomic E-state index is 0.200. The molecule has 2 aromatic carbocycles. The molecule has 1 aromatic heterocycles. The summed E-state index contributed by atoms with van der Waals surface area (Å²) in [4.78, 5) is 31.4. The lowest BCUT2D eigenvalue weighted by Crippen LogP contribution is -2.28. The van der Waals surface area contributed by atoms with E-state index in [0.717, 1.165) is 5.69 Å². The molecule has 0 saturated carbocycles. The van der Waals surface area contributed by atoms with Crippen molar-refractivity contribution in [1.82, 2.24) is 4.90 Å². The first-order chi connectivity index (χ1) is 16.4. The molecule has 1 saturated heterocycles. The Hall–Kier alpha value is -3.01. The first kappa shape index (κ1) is 24.1. The van der Waals surface area contributed by atoms with Crippen LogP contribution in [0.25, 0.3) is 6.08 Å². The number of amides is 1. The molecule has 10 heteroatoms. The van der Waals surface area contributed by atoms with Crippen LogP contribution in [0, 0.1) is 0 Å². The van der Waals surface area contributed by atoms with E-state index in [-0.39, 0.29) is 24.1 Å². The van der Waals surface area contributed by atoms with E-state index in [0.29, 0.717) is 31.6 Å². The van der Waals surface area contributed by atoms with E-state index in [4.69, 9.17) is 20.8 Å². The van der Waals surface area contributed by atoms with Crippen molar-refractivity contribution >= 4 is 68.1 Å². The fourth-order valence-corrected chi connectivity index (χ4v) is 5.03. The third-order valence-corrected chi connectivity index (χ3v) is 6.52. The fourth-order valence-electron chi connectivity index (χ4n) is 3.04. The van der Waals surface area contributed by atoms with Crippen LogP contribution in [0.2, 0.25) is 5.02 Å². The number of hydrogen-bond donors (Lipinski definition) is 0. The molecule has 2 heterocycles. The summed E-state index contributed by atoms with van der Waals surface area (Å²) >= 11 is 11.0. The Morgan fingerprint density at radius 3 is 2.71 bits per heavy atom. The summed E-state index contributed by atoms with van der Waals surface area (Å²) in [6.07, 6.45) is 3.30. The Bertz CT molecular complexity index is 1240. The Morgan fingerprint density at radius 2 is 2.03 bits per heavy atom. The number of benzene rings is 2. The van der Waals surface area contributed by atoms with Gasteiger partial charge in [-0.25, -0.2) is 9.79 Å². The molecule has 4 rings (SSSR count). The van der Waals surface area contributed by atoms with E-state index < -0.39 is 5.97 Å². The predicted molar refractivity (Wildman–Crippen MR) is 135 cm³/mol. The first-order valence-electron chi connectivity index (χ1n) is 10.0. The molecule has 174 valence electrons. The number of nitrogens with zero attached hydrogens (tertiary/aromatic N) is 2. The second-order valence-electron chi connectivity index (χ2n) is 6.99. The van der Waals surface area contributed by atoms with E-state index in [1.807, 2.05) is 36.4 Å². The average molecular weight is 562 g/mol. The van der Waals surface area contributed by atoms with Crippen LogP contribution in [-0.2, 0) is 20.9 Å². The largest absolute Gasteiger partial charge is 0.479 e. The van der Waals surface area contributed by atoms with E-state index in [1.54, 1.807) is 35.4 Å². The van der Waals surface area contributed by atoms with Crippen molar-refractivity contribution in [2.75, 3.05) is 13.7 Å². The van der Waals surface area contributed by atoms with E-state index in [9.17, 15) is 9.59 Å². The summed E-state index contributed by atoms with van der Waals surface area (Å²) in [7, 11) is 1.28. The molecule has 0 unspecified atom stereocenters. The van der Waals surface area contributed by atoms with E-state index in [2.05, 4.69) is 25.7 Å². The fraction of sp³-hybridized carbons (Fsp3) is 0.125. The van der Waals surface area contributed by atoms with E-state index in [1.165, 1.54) is 18.9 Å². The Kier molecular flexibility index (Phi) is 7.77. The number of rotatable bonds is 7. The SMILES string of the molecule is COC(=O)COc1c(Cl)cc(/C=C2\SC(=Nc3ccccc3)N(Cc3ccco3)C2=O)cc1Br. The number of para-hydroxylation sites is 1. The summed E-state index contributed by atoms with van der Waals surface area (Å²) in [5.74, 6) is 0.234. The van der Waals surface area contributed by atoms with Crippen molar-refractivity contribution in [2.24, 2.45) is 4.99 Å². The van der Waals surface area contributed by atoms with Gasteiger partial charge in [0.15, 0.2) is 17.5 Å². The van der Waals surface area contributed by atoms with Crippen molar-refractivity contribution in [1.29, 1.82) is 0 Å². The summed E-state index contributed by atoms with van der Waals surface area (Å²) in [6, 6.07) is 16.4. The number of carbonyl (C=O) groups excluding carboxylic acids is 2. The first-order valence-corrected chi connectivity index (χ1v) is 12.0. The van der Waals surface area contributed by atoms with Crippen molar-refractivity contribution in [3.63, 3.8) is 0 Å². The van der Waals surface area contributed by atoms with Gasteiger partial charge >= 0.3 is 5.97 Å². The molecule has 0 radical (unpaired) electrons. The molecule has 1 amide bonds. The third-order valence-electron chi connectivity index (χ3n) is 4.64. The van der Waals surface area contributed by atoms with E-state index >= 15 is 0 Å². The highest BCUT2D eigenvalue weighted by atomic mass is 79.9. The Balaban J connectivity index is 1.63. The molecule has 7 nitrogen and oxygen atoms in total. The highest BCUT2D eigenvalue weighted by Gasteiger charge is 2.34. The van der Waals surface area contributed by atoms with Gasteiger partial charge in [-0.3, -0.25) is 9.69 Å². The molecule has 1 aliphatic rings. The standard InChI is InChI=1S/C24H18BrClN2O5S/c1-31-21(29)14-33-22-18(25)10-15(11-19(22)26)12-20-23(30)28(13-17-8-5-9-32-17)24(34-20)27-16-6-3-2-4-7-16/h2-12H,13-14H2,1H3/b20-12-,27-24?. The number of furan rings is 1. The number of aliphatic imine (C=N–C) groups is 1. The van der Waals surface area contributed by atoms with Gasteiger partial charge in [0.1, 0.15) is 5.76 Å². The number of halogens is 2. The van der Waals surface area contributed by atoms with Crippen LogP contribution < -0.4 is 4.74 Å². The lowest BCUT2D eigenvalue weighted by molar-refractivity contribution is -0.142. The topological polar surface area (TPSA) is 81.3 Å². The van der Waals surface area contributed by atoms with Gasteiger partial charge in [-0.1, -0.05) is 29.8 Å². The van der Waals surface area contributed by atoms with Crippen LogP contribution in [-0.4, -0.2) is 35.7 Å². The van der Waals surface area contributed by atoms with Crippen molar-refractivity contribution in [3.8, 4) is 5.75 Å². The second-order valence-corrected chi connectivity index (χ2v) is 9.26. The second kappa shape index (κ2) is 10.9. The normalized spacial score (nSPS) is 15.9. The maximum atomic E-state index is 13.3. The third kappa shape index (κ3) is 5.72. The molecule has 0 atom stereocenters. The van der Waals surface area contributed by atoms with Gasteiger partial charge < -0.3 is 13.9 Å². The van der Waals surface area contributed by atoms with Crippen molar-refractivity contribution in [3.05, 3.63) is 86.6 Å². The molecule has 0 spiro atoms. The van der Waals surface area contributed by atoms with Gasteiger partial charge in [-0.15, -0.1) is 0 Å². The van der Waals surface area contributed by atoms with Crippen LogP contribution in [0.15, 0.2) is 79.6 Å². The maximum Gasteiger partial charge on any atom is 0.343 e. The molecule has 0 aliphatic carbocycles. The van der Waals surface area contributed by atoms with Crippen LogP contribution in [0.3, 0.4) is 0 Å². The average Bonchev–Trinajstić information content (AvgIpc) is 3.43. The lowest BCUT2D eigenvalue weighted by Gasteiger charge is -2.13. The quantitative estimate of drug-likeness (QED) is 0.258. The van der Waals surface area contributed by atoms with Gasteiger partial charge in [0, 0.05) is 0 Å². The summed E-state index contributed by atoms with van der Waals surface area (Å²) in [6.45, 7) is -0.0166. The summed E-state index contributed by atoms with van der Waals surface area (Å²) < 4.78 is 16.0. The number of amidine groups is 1. The highest BCUT2D eigenvalue weighted by molar-refractivity contribution is 9.10. The minimum atomic E-state index is -0.524. The smallest absolute Gasteiger partial charge is 0.343 e. The van der Waals surface area contributed by atoms with Crippen molar-refractivity contribution in [2.45, 2.75) is 6.54 Å². The molecule has 0 bridgehead atoms. The van der Waals surface area contributed by atoms with Gasteiger partial charge in [0.2, 0.25) is 0 Å². The van der Waals surface area contributed by atoms with Crippen LogP contribution in [0.1, 0.15) is 11.3 Å². The zero-order valence-corrected chi connectivity index (χ0v) is 21.0. The summed E-state index contributed by atoms with van der Waals surface area (Å²) in [5.41, 5.74) is 1.42. The lowest BCUT2D eigenvalue weighted by atomic mass is 10.2. The predicted octanol–water partition coefficient (Wildman–Crippen LogP) is 6.05.